The maximum atomic E-state index is 12.8. The van der Waals surface area contributed by atoms with E-state index in [1.54, 1.807) is 6.08 Å². The minimum atomic E-state index is -0.764. The second-order valence-electron chi connectivity index (χ2n) is 8.12. The molecular formula is C25H35NO5. The number of esters is 2. The Balaban J connectivity index is 1.95. The van der Waals surface area contributed by atoms with Crippen molar-refractivity contribution in [2.75, 3.05) is 0 Å². The van der Waals surface area contributed by atoms with Crippen molar-refractivity contribution in [1.82, 2.24) is 5.32 Å². The van der Waals surface area contributed by atoms with Crippen molar-refractivity contribution < 1.29 is 23.9 Å². The van der Waals surface area contributed by atoms with Gasteiger partial charge in [-0.05, 0) is 24.8 Å². The van der Waals surface area contributed by atoms with Crippen LogP contribution in [0.3, 0.4) is 0 Å². The molecule has 0 aromatic heterocycles. The van der Waals surface area contributed by atoms with Gasteiger partial charge in [0.2, 0.25) is 6.41 Å². The molecule has 0 saturated carbocycles. The summed E-state index contributed by atoms with van der Waals surface area (Å²) in [5.74, 6) is -0.745. The van der Waals surface area contributed by atoms with E-state index in [1.807, 2.05) is 30.3 Å². The molecule has 0 radical (unpaired) electrons. The summed E-state index contributed by atoms with van der Waals surface area (Å²) >= 11 is 0. The summed E-state index contributed by atoms with van der Waals surface area (Å²) in [6.07, 6.45) is 9.05. The number of carbonyl (C=O) groups excluding carboxylic acids is 3. The highest BCUT2D eigenvalue weighted by Gasteiger charge is 2.43. The molecule has 1 aliphatic heterocycles. The predicted octanol–water partition coefficient (Wildman–Crippen LogP) is 4.12. The maximum absolute atomic E-state index is 12.8. The van der Waals surface area contributed by atoms with Gasteiger partial charge in [0.25, 0.3) is 0 Å². The van der Waals surface area contributed by atoms with Gasteiger partial charge in [0, 0.05) is 12.8 Å². The predicted molar refractivity (Wildman–Crippen MR) is 119 cm³/mol. The first-order valence-corrected chi connectivity index (χ1v) is 11.3. The van der Waals surface area contributed by atoms with Gasteiger partial charge >= 0.3 is 11.9 Å². The number of carbonyl (C=O) groups is 3. The molecule has 6 heteroatoms. The number of ether oxygens (including phenoxy) is 2. The van der Waals surface area contributed by atoms with Crippen LogP contribution in [0.1, 0.15) is 63.9 Å². The smallest absolute Gasteiger partial charge is 0.329 e. The van der Waals surface area contributed by atoms with E-state index >= 15 is 0 Å². The Labute approximate surface area is 185 Å². The summed E-state index contributed by atoms with van der Waals surface area (Å²) < 4.78 is 11.1. The number of hydrogen-bond donors (Lipinski definition) is 1. The monoisotopic (exact) mass is 429 g/mol. The van der Waals surface area contributed by atoms with Crippen LogP contribution in [0.5, 0.6) is 0 Å². The van der Waals surface area contributed by atoms with Gasteiger partial charge in [-0.15, -0.1) is 6.58 Å². The lowest BCUT2D eigenvalue weighted by molar-refractivity contribution is -0.190. The van der Waals surface area contributed by atoms with Crippen molar-refractivity contribution in [3.63, 3.8) is 0 Å². The molecule has 2 unspecified atom stereocenters. The van der Waals surface area contributed by atoms with Crippen molar-refractivity contribution in [2.24, 2.45) is 5.92 Å². The fourth-order valence-electron chi connectivity index (χ4n) is 3.88. The summed E-state index contributed by atoms with van der Waals surface area (Å²) in [4.78, 5) is 35.8. The summed E-state index contributed by atoms with van der Waals surface area (Å²) in [5, 5.41) is 2.57. The minimum Gasteiger partial charge on any atom is -0.461 e. The van der Waals surface area contributed by atoms with E-state index in [4.69, 9.17) is 9.47 Å². The highest BCUT2D eigenvalue weighted by molar-refractivity contribution is 5.79. The van der Waals surface area contributed by atoms with E-state index in [0.717, 1.165) is 31.2 Å². The minimum absolute atomic E-state index is 0.116. The van der Waals surface area contributed by atoms with Crippen LogP contribution in [0.25, 0.3) is 0 Å². The molecule has 31 heavy (non-hydrogen) atoms. The molecule has 1 aromatic carbocycles. The number of hydrogen-bond acceptors (Lipinski definition) is 5. The molecule has 4 atom stereocenters. The van der Waals surface area contributed by atoms with Crippen molar-refractivity contribution in [1.29, 1.82) is 0 Å². The number of cyclic esters (lactones) is 1. The number of rotatable bonds is 16. The number of unbranched alkanes of at least 4 members (excludes halogenated alkanes) is 3. The van der Waals surface area contributed by atoms with Crippen LogP contribution in [-0.2, 0) is 30.3 Å². The summed E-state index contributed by atoms with van der Waals surface area (Å²) in [6, 6.07) is 8.71. The van der Waals surface area contributed by atoms with E-state index in [9.17, 15) is 14.4 Å². The van der Waals surface area contributed by atoms with Crippen LogP contribution in [0.4, 0.5) is 0 Å². The van der Waals surface area contributed by atoms with Crippen LogP contribution >= 0.6 is 0 Å². The molecule has 170 valence electrons. The Morgan fingerprint density at radius 2 is 2.03 bits per heavy atom. The number of amides is 1. The maximum Gasteiger partial charge on any atom is 0.329 e. The summed E-state index contributed by atoms with van der Waals surface area (Å²) in [5.41, 5.74) is 0.932. The molecule has 1 heterocycles. The quantitative estimate of drug-likeness (QED) is 0.185. The Morgan fingerprint density at radius 3 is 2.68 bits per heavy atom. The molecule has 1 aromatic rings. The van der Waals surface area contributed by atoms with Crippen LogP contribution in [0, 0.1) is 5.92 Å². The molecule has 0 spiro atoms. The molecule has 6 nitrogen and oxygen atoms in total. The standard InChI is InChI=1S/C25H35NO5/c1-3-5-7-11-15-21-23(31-24(21)28)17-20(14-6-4-2)30-25(29)22(26-18-27)16-19-12-9-8-10-13-19/h4,8-10,12-13,18,20-23H,2-3,5-7,11,14-17H2,1H3,(H,26,27)/t20?,21-,22-,23?/m0/s1. The number of nitrogens with one attached hydrogen (secondary N) is 1. The van der Waals surface area contributed by atoms with Crippen molar-refractivity contribution in [3.05, 3.63) is 48.6 Å². The number of benzene rings is 1. The molecular weight excluding hydrogens is 394 g/mol. The van der Waals surface area contributed by atoms with Crippen molar-refractivity contribution in [2.45, 2.75) is 83.0 Å². The largest absolute Gasteiger partial charge is 0.461 e. The normalized spacial score (nSPS) is 19.5. The van der Waals surface area contributed by atoms with Gasteiger partial charge in [0.1, 0.15) is 18.2 Å². The molecule has 1 N–H and O–H groups in total. The molecule has 0 bridgehead atoms. The first-order chi connectivity index (χ1) is 15.1. The van der Waals surface area contributed by atoms with E-state index in [2.05, 4.69) is 18.8 Å². The van der Waals surface area contributed by atoms with Gasteiger partial charge in [-0.2, -0.15) is 0 Å². The zero-order valence-electron chi connectivity index (χ0n) is 18.5. The van der Waals surface area contributed by atoms with Gasteiger partial charge in [0.05, 0.1) is 5.92 Å². The Hall–Kier alpha value is -2.63. The number of allylic oxidation sites excluding steroid dienone is 1. The molecule has 1 fully saturated rings. The van der Waals surface area contributed by atoms with E-state index in [0.29, 0.717) is 32.1 Å². The lowest BCUT2D eigenvalue weighted by atomic mass is 9.86. The third kappa shape index (κ3) is 8.19. The molecule has 1 saturated heterocycles. The van der Waals surface area contributed by atoms with E-state index in [-0.39, 0.29) is 18.0 Å². The van der Waals surface area contributed by atoms with Crippen LogP contribution in [-0.4, -0.2) is 36.6 Å². The third-order valence-electron chi connectivity index (χ3n) is 5.69. The Bertz CT molecular complexity index is 705. The van der Waals surface area contributed by atoms with Gasteiger partial charge < -0.3 is 14.8 Å². The summed E-state index contributed by atoms with van der Waals surface area (Å²) in [6.45, 7) is 5.90. The van der Waals surface area contributed by atoms with E-state index in [1.165, 1.54) is 6.42 Å². The highest BCUT2D eigenvalue weighted by Crippen LogP contribution is 2.32. The SMILES string of the molecule is C=CCCC(CC1OC(=O)[C@H]1CCCCCC)OC(=O)[C@H](Cc1ccccc1)NC=O. The van der Waals surface area contributed by atoms with Crippen LogP contribution in [0.2, 0.25) is 0 Å². The lowest BCUT2D eigenvalue weighted by Gasteiger charge is -2.37. The topological polar surface area (TPSA) is 81.7 Å². The molecule has 1 amide bonds. The Kier molecular flexibility index (Phi) is 10.8. The Morgan fingerprint density at radius 1 is 1.26 bits per heavy atom. The highest BCUT2D eigenvalue weighted by atomic mass is 16.6. The zero-order chi connectivity index (χ0) is 22.5. The van der Waals surface area contributed by atoms with Gasteiger partial charge in [0.15, 0.2) is 0 Å². The second-order valence-corrected chi connectivity index (χ2v) is 8.12. The van der Waals surface area contributed by atoms with Gasteiger partial charge in [-0.1, -0.05) is 69.0 Å². The average molecular weight is 430 g/mol. The first kappa shape index (κ1) is 24.6. The van der Waals surface area contributed by atoms with Gasteiger partial charge in [-0.3, -0.25) is 9.59 Å². The fourth-order valence-corrected chi connectivity index (χ4v) is 3.88. The zero-order valence-corrected chi connectivity index (χ0v) is 18.5. The van der Waals surface area contributed by atoms with E-state index < -0.39 is 18.1 Å². The summed E-state index contributed by atoms with van der Waals surface area (Å²) in [7, 11) is 0. The van der Waals surface area contributed by atoms with Crippen molar-refractivity contribution in [3.8, 4) is 0 Å². The van der Waals surface area contributed by atoms with Gasteiger partial charge in [-0.25, -0.2) is 4.79 Å². The van der Waals surface area contributed by atoms with Crippen LogP contribution < -0.4 is 5.32 Å². The lowest BCUT2D eigenvalue weighted by Crippen LogP contribution is -2.48. The molecule has 2 rings (SSSR count). The second kappa shape index (κ2) is 13.6. The third-order valence-corrected chi connectivity index (χ3v) is 5.69. The van der Waals surface area contributed by atoms with Crippen molar-refractivity contribution >= 4 is 18.3 Å². The van der Waals surface area contributed by atoms with Crippen LogP contribution in [0.15, 0.2) is 43.0 Å². The molecule has 0 aliphatic carbocycles. The average Bonchev–Trinajstić information content (AvgIpc) is 2.77. The first-order valence-electron chi connectivity index (χ1n) is 11.3. The molecule has 1 aliphatic rings. The fraction of sp³-hybridized carbons (Fsp3) is 0.560.